The summed E-state index contributed by atoms with van der Waals surface area (Å²) in [6, 6.07) is 3.30. The summed E-state index contributed by atoms with van der Waals surface area (Å²) in [5, 5.41) is 11.4. The normalized spacial score (nSPS) is 9.91. The van der Waals surface area contributed by atoms with Crippen LogP contribution in [0.3, 0.4) is 0 Å². The first-order chi connectivity index (χ1) is 5.24. The van der Waals surface area contributed by atoms with E-state index in [0.717, 1.165) is 5.69 Å². The third kappa shape index (κ3) is 1.81. The number of rotatable bonds is 3. The maximum Gasteiger partial charge on any atom is 0.352 e. The molecular weight excluding hydrogens is 144 g/mol. The fraction of sp³-hybridized carbons (Fsp3) is 0.286. The van der Waals surface area contributed by atoms with Crippen LogP contribution in [0.5, 0.6) is 0 Å². The van der Waals surface area contributed by atoms with Crippen LogP contribution in [0.25, 0.3) is 0 Å². The van der Waals surface area contributed by atoms with Crippen LogP contribution in [0.15, 0.2) is 12.1 Å². The molecule has 1 heterocycles. The largest absolute Gasteiger partial charge is 0.477 e. The molecule has 0 unspecified atom stereocenters. The molecule has 60 valence electrons. The van der Waals surface area contributed by atoms with Gasteiger partial charge in [-0.1, -0.05) is 0 Å². The van der Waals surface area contributed by atoms with Crippen molar-refractivity contribution in [2.45, 2.75) is 6.54 Å². The topological polar surface area (TPSA) is 65.1 Å². The number of nitrogens with one attached hydrogen (secondary N) is 2. The van der Waals surface area contributed by atoms with Gasteiger partial charge in [0, 0.05) is 12.2 Å². The highest BCUT2D eigenvalue weighted by atomic mass is 16.4. The molecule has 0 radical (unpaired) electrons. The van der Waals surface area contributed by atoms with Crippen LogP contribution < -0.4 is 5.32 Å². The zero-order chi connectivity index (χ0) is 8.27. The van der Waals surface area contributed by atoms with E-state index in [0.29, 0.717) is 6.54 Å². The fourth-order valence-electron chi connectivity index (χ4n) is 0.859. The van der Waals surface area contributed by atoms with Crippen LogP contribution in [0, 0.1) is 0 Å². The van der Waals surface area contributed by atoms with Crippen molar-refractivity contribution >= 4 is 5.97 Å². The number of aromatic nitrogens is 1. The van der Waals surface area contributed by atoms with Gasteiger partial charge in [-0.15, -0.1) is 0 Å². The van der Waals surface area contributed by atoms with Gasteiger partial charge < -0.3 is 15.4 Å². The molecule has 0 saturated carbocycles. The van der Waals surface area contributed by atoms with Crippen LogP contribution in [-0.2, 0) is 6.54 Å². The SMILES string of the molecule is CNCc1ccc(C(=O)O)[nH]1. The van der Waals surface area contributed by atoms with Crippen molar-refractivity contribution in [1.29, 1.82) is 0 Å². The Morgan fingerprint density at radius 1 is 1.73 bits per heavy atom. The van der Waals surface area contributed by atoms with Gasteiger partial charge in [-0.2, -0.15) is 0 Å². The summed E-state index contributed by atoms with van der Waals surface area (Å²) in [6.07, 6.45) is 0. The molecule has 0 aliphatic heterocycles. The molecule has 0 saturated heterocycles. The standard InChI is InChI=1S/C7H10N2O2/c1-8-4-5-2-3-6(9-5)7(10)11/h2-3,8-9H,4H2,1H3,(H,10,11). The Labute approximate surface area is 64.2 Å². The molecular formula is C7H10N2O2. The highest BCUT2D eigenvalue weighted by molar-refractivity contribution is 5.85. The van der Waals surface area contributed by atoms with Crippen LogP contribution in [0.4, 0.5) is 0 Å². The van der Waals surface area contributed by atoms with Gasteiger partial charge in [0.25, 0.3) is 0 Å². The van der Waals surface area contributed by atoms with E-state index < -0.39 is 5.97 Å². The van der Waals surface area contributed by atoms with Gasteiger partial charge in [0.05, 0.1) is 0 Å². The van der Waals surface area contributed by atoms with Crippen molar-refractivity contribution in [3.8, 4) is 0 Å². The molecule has 1 aromatic rings. The number of carboxylic acid groups (broad SMARTS) is 1. The van der Waals surface area contributed by atoms with Crippen LogP contribution in [0.2, 0.25) is 0 Å². The van der Waals surface area contributed by atoms with Crippen molar-refractivity contribution in [2.75, 3.05) is 7.05 Å². The lowest BCUT2D eigenvalue weighted by Gasteiger charge is -1.92. The van der Waals surface area contributed by atoms with E-state index in [1.165, 1.54) is 0 Å². The quantitative estimate of drug-likeness (QED) is 0.591. The lowest BCUT2D eigenvalue weighted by Crippen LogP contribution is -2.05. The summed E-state index contributed by atoms with van der Waals surface area (Å²) in [5.74, 6) is -0.924. The van der Waals surface area contributed by atoms with E-state index in [-0.39, 0.29) is 5.69 Å². The first-order valence-electron chi connectivity index (χ1n) is 3.30. The molecule has 3 N–H and O–H groups in total. The average Bonchev–Trinajstić information content (AvgIpc) is 2.37. The Bertz CT molecular complexity index is 255. The summed E-state index contributed by atoms with van der Waals surface area (Å²) in [4.78, 5) is 13.1. The molecule has 1 rings (SSSR count). The Morgan fingerprint density at radius 3 is 2.91 bits per heavy atom. The second-order valence-corrected chi connectivity index (χ2v) is 2.23. The summed E-state index contributed by atoms with van der Waals surface area (Å²) in [5.41, 5.74) is 1.11. The van der Waals surface area contributed by atoms with E-state index >= 15 is 0 Å². The van der Waals surface area contributed by atoms with Gasteiger partial charge in [-0.25, -0.2) is 4.79 Å². The second kappa shape index (κ2) is 3.21. The Balaban J connectivity index is 2.73. The summed E-state index contributed by atoms with van der Waals surface area (Å²) in [6.45, 7) is 0.660. The van der Waals surface area contributed by atoms with Crippen molar-refractivity contribution < 1.29 is 9.90 Å². The zero-order valence-electron chi connectivity index (χ0n) is 6.22. The van der Waals surface area contributed by atoms with Gasteiger partial charge in [-0.05, 0) is 19.2 Å². The van der Waals surface area contributed by atoms with E-state index in [1.807, 2.05) is 0 Å². The van der Waals surface area contributed by atoms with E-state index in [1.54, 1.807) is 19.2 Å². The summed E-state index contributed by atoms with van der Waals surface area (Å²) < 4.78 is 0. The highest BCUT2D eigenvalue weighted by Crippen LogP contribution is 2.00. The minimum Gasteiger partial charge on any atom is -0.477 e. The number of carbonyl (C=O) groups is 1. The Morgan fingerprint density at radius 2 is 2.45 bits per heavy atom. The van der Waals surface area contributed by atoms with E-state index in [2.05, 4.69) is 10.3 Å². The molecule has 0 fully saturated rings. The van der Waals surface area contributed by atoms with Gasteiger partial charge in [0.1, 0.15) is 5.69 Å². The molecule has 4 heteroatoms. The zero-order valence-corrected chi connectivity index (χ0v) is 6.22. The van der Waals surface area contributed by atoms with E-state index in [4.69, 9.17) is 5.11 Å². The van der Waals surface area contributed by atoms with Crippen molar-refractivity contribution in [2.24, 2.45) is 0 Å². The van der Waals surface area contributed by atoms with Crippen molar-refractivity contribution in [3.05, 3.63) is 23.5 Å². The smallest absolute Gasteiger partial charge is 0.352 e. The van der Waals surface area contributed by atoms with Gasteiger partial charge in [-0.3, -0.25) is 0 Å². The molecule has 11 heavy (non-hydrogen) atoms. The third-order valence-corrected chi connectivity index (χ3v) is 1.34. The molecule has 4 nitrogen and oxygen atoms in total. The first kappa shape index (κ1) is 7.81. The number of H-pyrrole nitrogens is 1. The Hall–Kier alpha value is -1.29. The van der Waals surface area contributed by atoms with Crippen LogP contribution in [-0.4, -0.2) is 23.1 Å². The number of aromatic carboxylic acids is 1. The first-order valence-corrected chi connectivity index (χ1v) is 3.30. The van der Waals surface area contributed by atoms with E-state index in [9.17, 15) is 4.79 Å². The van der Waals surface area contributed by atoms with Gasteiger partial charge in [0.15, 0.2) is 0 Å². The average molecular weight is 154 g/mol. The molecule has 0 spiro atoms. The molecule has 0 bridgehead atoms. The fourth-order valence-corrected chi connectivity index (χ4v) is 0.859. The summed E-state index contributed by atoms with van der Waals surface area (Å²) in [7, 11) is 1.81. The van der Waals surface area contributed by atoms with Crippen molar-refractivity contribution in [3.63, 3.8) is 0 Å². The minimum atomic E-state index is -0.924. The van der Waals surface area contributed by atoms with Crippen molar-refractivity contribution in [1.82, 2.24) is 10.3 Å². The molecule has 0 aromatic carbocycles. The monoisotopic (exact) mass is 154 g/mol. The van der Waals surface area contributed by atoms with Crippen LogP contribution >= 0.6 is 0 Å². The number of carboxylic acids is 1. The maximum absolute atomic E-state index is 10.4. The molecule has 0 aliphatic rings. The van der Waals surface area contributed by atoms with Crippen LogP contribution in [0.1, 0.15) is 16.2 Å². The molecule has 0 amide bonds. The number of hydrogen-bond donors (Lipinski definition) is 3. The lowest BCUT2D eigenvalue weighted by molar-refractivity contribution is 0.0691. The third-order valence-electron chi connectivity index (χ3n) is 1.34. The predicted molar refractivity (Wildman–Crippen MR) is 40.5 cm³/mol. The molecule has 0 atom stereocenters. The minimum absolute atomic E-state index is 0.232. The van der Waals surface area contributed by atoms with Gasteiger partial charge in [0.2, 0.25) is 0 Å². The lowest BCUT2D eigenvalue weighted by atomic mass is 10.4. The Kier molecular flexibility index (Phi) is 2.28. The highest BCUT2D eigenvalue weighted by Gasteiger charge is 2.03. The molecule has 0 aliphatic carbocycles. The number of aromatic amines is 1. The summed E-state index contributed by atoms with van der Waals surface area (Å²) >= 11 is 0. The number of hydrogen-bond acceptors (Lipinski definition) is 2. The maximum atomic E-state index is 10.4. The van der Waals surface area contributed by atoms with Gasteiger partial charge >= 0.3 is 5.97 Å². The second-order valence-electron chi connectivity index (χ2n) is 2.23. The predicted octanol–water partition coefficient (Wildman–Crippen LogP) is 0.432. The molecule has 1 aromatic heterocycles.